The predicted molar refractivity (Wildman–Crippen MR) is 85.9 cm³/mol. The summed E-state index contributed by atoms with van der Waals surface area (Å²) >= 11 is 3.49. The van der Waals surface area contributed by atoms with Crippen molar-refractivity contribution in [3.63, 3.8) is 0 Å². The van der Waals surface area contributed by atoms with E-state index in [4.69, 9.17) is 0 Å². The number of hydrogen-bond donors (Lipinski definition) is 1. The molecule has 0 radical (unpaired) electrons. The summed E-state index contributed by atoms with van der Waals surface area (Å²) < 4.78 is 0.910. The summed E-state index contributed by atoms with van der Waals surface area (Å²) in [6.45, 7) is 3.05. The first kappa shape index (κ1) is 13.6. The molecule has 1 fully saturated rings. The maximum Gasteiger partial charge on any atom is 0.161 e. The van der Waals surface area contributed by atoms with Crippen LogP contribution in [0.4, 0.5) is 5.82 Å². The number of rotatable bonds is 5. The fraction of sp³-hybridized carbons (Fsp3) is 0.375. The molecule has 0 amide bonds. The highest BCUT2D eigenvalue weighted by Gasteiger charge is 2.23. The molecule has 1 aromatic carbocycles. The van der Waals surface area contributed by atoms with E-state index >= 15 is 0 Å². The van der Waals surface area contributed by atoms with Gasteiger partial charge < -0.3 is 5.32 Å². The Morgan fingerprint density at radius 3 is 2.95 bits per heavy atom. The van der Waals surface area contributed by atoms with Crippen molar-refractivity contribution in [3.8, 4) is 11.4 Å². The van der Waals surface area contributed by atoms with E-state index in [2.05, 4.69) is 62.4 Å². The molecule has 3 nitrogen and oxygen atoms in total. The maximum absolute atomic E-state index is 4.63. The summed E-state index contributed by atoms with van der Waals surface area (Å²) in [5.74, 6) is 2.41. The molecule has 0 spiro atoms. The number of anilines is 1. The molecular formula is C16H18BrN3. The Kier molecular flexibility index (Phi) is 4.01. The number of nitrogens with one attached hydrogen (secondary N) is 1. The SMILES string of the molecule is CCCNc1nc(-c2cccc(C3CC3)c2)ncc1Br. The first-order valence-corrected chi connectivity index (χ1v) is 7.94. The average molecular weight is 332 g/mol. The van der Waals surface area contributed by atoms with Gasteiger partial charge in [0.15, 0.2) is 5.82 Å². The molecule has 3 rings (SSSR count). The third kappa shape index (κ3) is 3.01. The minimum absolute atomic E-state index is 0.753. The van der Waals surface area contributed by atoms with Gasteiger partial charge in [-0.25, -0.2) is 9.97 Å². The number of benzene rings is 1. The van der Waals surface area contributed by atoms with E-state index in [0.29, 0.717) is 0 Å². The van der Waals surface area contributed by atoms with Crippen LogP contribution in [0.3, 0.4) is 0 Å². The van der Waals surface area contributed by atoms with Crippen molar-refractivity contribution in [3.05, 3.63) is 40.5 Å². The zero-order chi connectivity index (χ0) is 13.9. The Hall–Kier alpha value is -1.42. The monoisotopic (exact) mass is 331 g/mol. The molecule has 104 valence electrons. The predicted octanol–water partition coefficient (Wildman–Crippen LogP) is 4.61. The van der Waals surface area contributed by atoms with Crippen LogP contribution in [-0.4, -0.2) is 16.5 Å². The van der Waals surface area contributed by atoms with E-state index in [1.807, 2.05) is 6.20 Å². The highest BCUT2D eigenvalue weighted by Crippen LogP contribution is 2.40. The van der Waals surface area contributed by atoms with Gasteiger partial charge in [0.2, 0.25) is 0 Å². The van der Waals surface area contributed by atoms with Gasteiger partial charge in [-0.3, -0.25) is 0 Å². The van der Waals surface area contributed by atoms with Crippen molar-refractivity contribution in [1.29, 1.82) is 0 Å². The zero-order valence-electron chi connectivity index (χ0n) is 11.6. The van der Waals surface area contributed by atoms with Crippen LogP contribution >= 0.6 is 15.9 Å². The number of hydrogen-bond acceptors (Lipinski definition) is 3. The fourth-order valence-corrected chi connectivity index (χ4v) is 2.55. The van der Waals surface area contributed by atoms with Gasteiger partial charge in [-0.2, -0.15) is 0 Å². The number of nitrogens with zero attached hydrogens (tertiary/aromatic N) is 2. The van der Waals surface area contributed by atoms with Crippen molar-refractivity contribution < 1.29 is 0 Å². The molecule has 1 aliphatic rings. The molecule has 0 atom stereocenters. The van der Waals surface area contributed by atoms with Crippen LogP contribution in [0.2, 0.25) is 0 Å². The first-order chi connectivity index (χ1) is 9.78. The van der Waals surface area contributed by atoms with Crippen LogP contribution in [0.15, 0.2) is 34.9 Å². The van der Waals surface area contributed by atoms with Crippen molar-refractivity contribution in [2.24, 2.45) is 0 Å². The topological polar surface area (TPSA) is 37.8 Å². The molecule has 2 aromatic rings. The average Bonchev–Trinajstić information content (AvgIpc) is 3.31. The Labute approximate surface area is 128 Å². The lowest BCUT2D eigenvalue weighted by molar-refractivity contribution is 0.963. The van der Waals surface area contributed by atoms with Gasteiger partial charge >= 0.3 is 0 Å². The zero-order valence-corrected chi connectivity index (χ0v) is 13.2. The Morgan fingerprint density at radius 2 is 2.20 bits per heavy atom. The van der Waals surface area contributed by atoms with Crippen LogP contribution in [-0.2, 0) is 0 Å². The van der Waals surface area contributed by atoms with Crippen LogP contribution in [0.25, 0.3) is 11.4 Å². The molecule has 1 aromatic heterocycles. The van der Waals surface area contributed by atoms with Gasteiger partial charge in [-0.15, -0.1) is 0 Å². The molecule has 0 bridgehead atoms. The molecule has 1 saturated carbocycles. The van der Waals surface area contributed by atoms with E-state index in [-0.39, 0.29) is 0 Å². The van der Waals surface area contributed by atoms with E-state index in [0.717, 1.165) is 40.6 Å². The quantitative estimate of drug-likeness (QED) is 0.869. The Morgan fingerprint density at radius 1 is 1.35 bits per heavy atom. The fourth-order valence-electron chi connectivity index (χ4n) is 2.22. The van der Waals surface area contributed by atoms with Gasteiger partial charge in [0, 0.05) is 18.3 Å². The van der Waals surface area contributed by atoms with Crippen molar-refractivity contribution in [2.45, 2.75) is 32.1 Å². The van der Waals surface area contributed by atoms with Gasteiger partial charge in [0.1, 0.15) is 5.82 Å². The Balaban J connectivity index is 1.90. The summed E-state index contributed by atoms with van der Waals surface area (Å²) in [4.78, 5) is 9.07. The van der Waals surface area contributed by atoms with Crippen LogP contribution in [0, 0.1) is 0 Å². The summed E-state index contributed by atoms with van der Waals surface area (Å²) in [6, 6.07) is 8.62. The molecule has 1 aliphatic carbocycles. The minimum Gasteiger partial charge on any atom is -0.369 e. The van der Waals surface area contributed by atoms with E-state index in [1.54, 1.807) is 0 Å². The number of halogens is 1. The maximum atomic E-state index is 4.63. The molecule has 0 saturated heterocycles. The second kappa shape index (κ2) is 5.92. The van der Waals surface area contributed by atoms with Gasteiger partial charge in [0.25, 0.3) is 0 Å². The molecular weight excluding hydrogens is 314 g/mol. The van der Waals surface area contributed by atoms with Crippen LogP contribution in [0.5, 0.6) is 0 Å². The second-order valence-electron chi connectivity index (χ2n) is 5.22. The third-order valence-corrected chi connectivity index (χ3v) is 4.06. The van der Waals surface area contributed by atoms with E-state index in [1.165, 1.54) is 18.4 Å². The summed E-state index contributed by atoms with van der Waals surface area (Å²) in [5.41, 5.74) is 2.51. The third-order valence-electron chi connectivity index (χ3n) is 3.48. The molecule has 0 aliphatic heterocycles. The second-order valence-corrected chi connectivity index (χ2v) is 6.07. The van der Waals surface area contributed by atoms with Crippen LogP contribution in [0.1, 0.15) is 37.7 Å². The highest BCUT2D eigenvalue weighted by atomic mass is 79.9. The summed E-state index contributed by atoms with van der Waals surface area (Å²) in [7, 11) is 0. The van der Waals surface area contributed by atoms with E-state index in [9.17, 15) is 0 Å². The standard InChI is InChI=1S/C16H18BrN3/c1-2-8-18-16-14(17)10-19-15(20-16)13-5-3-4-12(9-13)11-6-7-11/h3-5,9-11H,2,6-8H2,1H3,(H,18,19,20). The van der Waals surface area contributed by atoms with Gasteiger partial charge in [-0.1, -0.05) is 25.1 Å². The number of aromatic nitrogens is 2. The van der Waals surface area contributed by atoms with Crippen molar-refractivity contribution in [2.75, 3.05) is 11.9 Å². The van der Waals surface area contributed by atoms with Crippen molar-refractivity contribution >= 4 is 21.7 Å². The normalized spacial score (nSPS) is 14.3. The molecule has 1 heterocycles. The summed E-state index contributed by atoms with van der Waals surface area (Å²) in [5, 5.41) is 3.32. The minimum atomic E-state index is 0.753. The first-order valence-electron chi connectivity index (χ1n) is 7.14. The van der Waals surface area contributed by atoms with E-state index < -0.39 is 0 Å². The lowest BCUT2D eigenvalue weighted by Crippen LogP contribution is -2.04. The van der Waals surface area contributed by atoms with Crippen molar-refractivity contribution in [1.82, 2.24) is 9.97 Å². The lowest BCUT2D eigenvalue weighted by atomic mass is 10.1. The smallest absolute Gasteiger partial charge is 0.161 e. The van der Waals surface area contributed by atoms with Gasteiger partial charge in [0.05, 0.1) is 4.47 Å². The van der Waals surface area contributed by atoms with Crippen LogP contribution < -0.4 is 5.32 Å². The summed E-state index contributed by atoms with van der Waals surface area (Å²) in [6.07, 6.45) is 5.52. The molecule has 0 unspecified atom stereocenters. The van der Waals surface area contributed by atoms with Gasteiger partial charge in [-0.05, 0) is 52.7 Å². The lowest BCUT2D eigenvalue weighted by Gasteiger charge is -2.09. The molecule has 4 heteroatoms. The highest BCUT2D eigenvalue weighted by molar-refractivity contribution is 9.10. The Bertz CT molecular complexity index is 608. The molecule has 1 N–H and O–H groups in total. The largest absolute Gasteiger partial charge is 0.369 e. The molecule has 20 heavy (non-hydrogen) atoms.